The van der Waals surface area contributed by atoms with Gasteiger partial charge in [-0.05, 0) is 48.2 Å². The molecule has 0 bridgehead atoms. The molecule has 5 rings (SSSR count). The van der Waals surface area contributed by atoms with Crippen LogP contribution in [0.2, 0.25) is 0 Å². The lowest BCUT2D eigenvalue weighted by molar-refractivity contribution is -0.129. The maximum atomic E-state index is 12.7. The van der Waals surface area contributed by atoms with E-state index in [0.29, 0.717) is 24.7 Å². The first-order valence-electron chi connectivity index (χ1n) is 9.58. The zero-order valence-electron chi connectivity index (χ0n) is 15.7. The van der Waals surface area contributed by atoms with Crippen LogP contribution in [-0.4, -0.2) is 34.6 Å². The summed E-state index contributed by atoms with van der Waals surface area (Å²) >= 11 is 0. The van der Waals surface area contributed by atoms with E-state index < -0.39 is 0 Å². The fourth-order valence-corrected chi connectivity index (χ4v) is 4.32. The van der Waals surface area contributed by atoms with Gasteiger partial charge in [-0.2, -0.15) is 4.98 Å². The summed E-state index contributed by atoms with van der Waals surface area (Å²) in [6.07, 6.45) is 2.44. The molecule has 28 heavy (non-hydrogen) atoms. The van der Waals surface area contributed by atoms with Crippen LogP contribution < -0.4 is 4.74 Å². The molecule has 1 aliphatic heterocycles. The van der Waals surface area contributed by atoms with Crippen LogP contribution in [-0.2, 0) is 11.2 Å². The maximum absolute atomic E-state index is 12.7. The Morgan fingerprint density at radius 3 is 2.79 bits per heavy atom. The van der Waals surface area contributed by atoms with Crippen LogP contribution in [0.4, 0.5) is 0 Å². The summed E-state index contributed by atoms with van der Waals surface area (Å²) in [6.45, 7) is 0.638. The molecule has 2 aromatic carbocycles. The normalized spacial score (nSPS) is 21.2. The lowest BCUT2D eigenvalue weighted by atomic mass is 10.1. The molecule has 1 aromatic heterocycles. The largest absolute Gasteiger partial charge is 0.497 e. The van der Waals surface area contributed by atoms with Crippen molar-refractivity contribution in [1.82, 2.24) is 15.0 Å². The standard InChI is InChI=1S/C22H21N3O3/c1-27-17-9-6-15(7-10-17)22-23-21(24-28-22)16-12-20(26)25(13-16)19-11-8-14-4-2-3-5-18(14)19/h2-7,9-10,16,19H,8,11-13H2,1H3. The summed E-state index contributed by atoms with van der Waals surface area (Å²) in [7, 11) is 1.63. The zero-order valence-corrected chi connectivity index (χ0v) is 15.7. The third-order valence-corrected chi connectivity index (χ3v) is 5.78. The number of carbonyl (C=O) groups excluding carboxylic acids is 1. The highest BCUT2D eigenvalue weighted by Gasteiger charge is 2.39. The van der Waals surface area contributed by atoms with Gasteiger partial charge in [-0.1, -0.05) is 29.4 Å². The smallest absolute Gasteiger partial charge is 0.257 e. The van der Waals surface area contributed by atoms with Crippen molar-refractivity contribution < 1.29 is 14.1 Å². The number of amides is 1. The molecule has 2 atom stereocenters. The number of benzene rings is 2. The molecular weight excluding hydrogens is 354 g/mol. The van der Waals surface area contributed by atoms with Crippen LogP contribution in [0.1, 0.15) is 41.8 Å². The van der Waals surface area contributed by atoms with Gasteiger partial charge in [0.1, 0.15) is 5.75 Å². The molecule has 142 valence electrons. The van der Waals surface area contributed by atoms with Crippen LogP contribution in [0.25, 0.3) is 11.5 Å². The fraction of sp³-hybridized carbons (Fsp3) is 0.318. The SMILES string of the molecule is COc1ccc(-c2nc(C3CC(=O)N(C4CCc5ccccc54)C3)no2)cc1. The molecule has 2 unspecified atom stereocenters. The number of aromatic nitrogens is 2. The van der Waals surface area contributed by atoms with Crippen LogP contribution >= 0.6 is 0 Å². The van der Waals surface area contributed by atoms with Crippen molar-refractivity contribution >= 4 is 5.91 Å². The van der Waals surface area contributed by atoms with Crippen molar-refractivity contribution in [2.45, 2.75) is 31.2 Å². The maximum Gasteiger partial charge on any atom is 0.257 e. The average molecular weight is 375 g/mol. The molecule has 0 radical (unpaired) electrons. The van der Waals surface area contributed by atoms with Gasteiger partial charge in [0.25, 0.3) is 5.89 Å². The Hall–Kier alpha value is -3.15. The number of fused-ring (bicyclic) bond motifs is 1. The first-order chi connectivity index (χ1) is 13.7. The third-order valence-electron chi connectivity index (χ3n) is 5.78. The predicted molar refractivity (Wildman–Crippen MR) is 103 cm³/mol. The Bertz CT molecular complexity index is 1010. The molecule has 6 heteroatoms. The van der Waals surface area contributed by atoms with Crippen LogP contribution in [0.3, 0.4) is 0 Å². The molecule has 3 aromatic rings. The Morgan fingerprint density at radius 1 is 1.14 bits per heavy atom. The van der Waals surface area contributed by atoms with E-state index in [9.17, 15) is 4.79 Å². The van der Waals surface area contributed by atoms with Crippen molar-refractivity contribution in [3.8, 4) is 17.2 Å². The summed E-state index contributed by atoms with van der Waals surface area (Å²) in [4.78, 5) is 19.3. The van der Waals surface area contributed by atoms with Gasteiger partial charge in [-0.15, -0.1) is 0 Å². The molecule has 1 saturated heterocycles. The third kappa shape index (κ3) is 2.85. The molecule has 1 amide bonds. The van der Waals surface area contributed by atoms with Gasteiger partial charge in [0.15, 0.2) is 5.82 Å². The highest BCUT2D eigenvalue weighted by molar-refractivity contribution is 5.80. The highest BCUT2D eigenvalue weighted by atomic mass is 16.5. The van der Waals surface area contributed by atoms with Gasteiger partial charge in [0.05, 0.1) is 13.2 Å². The van der Waals surface area contributed by atoms with Gasteiger partial charge in [0, 0.05) is 24.4 Å². The minimum absolute atomic E-state index is 0.0315. The van der Waals surface area contributed by atoms with Crippen molar-refractivity contribution in [2.24, 2.45) is 0 Å². The lowest BCUT2D eigenvalue weighted by Crippen LogP contribution is -2.28. The van der Waals surface area contributed by atoms with Crippen molar-refractivity contribution in [3.63, 3.8) is 0 Å². The number of hydrogen-bond donors (Lipinski definition) is 0. The van der Waals surface area contributed by atoms with Crippen molar-refractivity contribution in [2.75, 3.05) is 13.7 Å². The molecule has 0 N–H and O–H groups in total. The average Bonchev–Trinajstić information content (AvgIpc) is 3.46. The molecule has 6 nitrogen and oxygen atoms in total. The van der Waals surface area contributed by atoms with E-state index in [2.05, 4.69) is 34.4 Å². The molecule has 2 aliphatic rings. The second-order valence-electron chi connectivity index (χ2n) is 7.39. The summed E-state index contributed by atoms with van der Waals surface area (Å²) < 4.78 is 10.6. The van der Waals surface area contributed by atoms with E-state index in [1.54, 1.807) is 7.11 Å². The summed E-state index contributed by atoms with van der Waals surface area (Å²) in [6, 6.07) is 16.1. The molecule has 1 fully saturated rings. The van der Waals surface area contributed by atoms with Crippen LogP contribution in [0.15, 0.2) is 53.1 Å². The Morgan fingerprint density at radius 2 is 1.96 bits per heavy atom. The first kappa shape index (κ1) is 17.0. The molecule has 0 saturated carbocycles. The van der Waals surface area contributed by atoms with Crippen molar-refractivity contribution in [3.05, 3.63) is 65.5 Å². The summed E-state index contributed by atoms with van der Waals surface area (Å²) in [5, 5.41) is 4.16. The first-order valence-corrected chi connectivity index (χ1v) is 9.58. The van der Waals surface area contributed by atoms with E-state index in [0.717, 1.165) is 24.2 Å². The van der Waals surface area contributed by atoms with Gasteiger partial charge in [-0.3, -0.25) is 4.79 Å². The Kier molecular flexibility index (Phi) is 4.11. The quantitative estimate of drug-likeness (QED) is 0.695. The van der Waals surface area contributed by atoms with E-state index >= 15 is 0 Å². The van der Waals surface area contributed by atoms with Gasteiger partial charge >= 0.3 is 0 Å². The van der Waals surface area contributed by atoms with Crippen molar-refractivity contribution in [1.29, 1.82) is 0 Å². The van der Waals surface area contributed by atoms with E-state index in [1.807, 2.05) is 29.2 Å². The minimum Gasteiger partial charge on any atom is -0.497 e. The number of rotatable bonds is 4. The molecule has 0 spiro atoms. The van der Waals surface area contributed by atoms with E-state index in [-0.39, 0.29) is 17.9 Å². The van der Waals surface area contributed by atoms with Gasteiger partial charge < -0.3 is 14.2 Å². The number of ether oxygens (including phenoxy) is 1. The van der Waals surface area contributed by atoms with Gasteiger partial charge in [0.2, 0.25) is 5.91 Å². The van der Waals surface area contributed by atoms with Crippen LogP contribution in [0.5, 0.6) is 5.75 Å². The van der Waals surface area contributed by atoms with E-state index in [4.69, 9.17) is 9.26 Å². The monoisotopic (exact) mass is 375 g/mol. The highest BCUT2D eigenvalue weighted by Crippen LogP contribution is 2.40. The number of carbonyl (C=O) groups is 1. The number of methoxy groups -OCH3 is 1. The Labute approximate surface area is 163 Å². The zero-order chi connectivity index (χ0) is 19.1. The summed E-state index contributed by atoms with van der Waals surface area (Å²) in [5.41, 5.74) is 3.47. The number of aryl methyl sites for hydroxylation is 1. The number of likely N-dealkylation sites (tertiary alicyclic amines) is 1. The summed E-state index contributed by atoms with van der Waals surface area (Å²) in [5.74, 6) is 1.98. The Balaban J connectivity index is 1.34. The topological polar surface area (TPSA) is 68.5 Å². The lowest BCUT2D eigenvalue weighted by Gasteiger charge is -2.25. The molecule has 1 aliphatic carbocycles. The van der Waals surface area contributed by atoms with Gasteiger partial charge in [-0.25, -0.2) is 0 Å². The van der Waals surface area contributed by atoms with Crippen LogP contribution in [0, 0.1) is 0 Å². The predicted octanol–water partition coefficient (Wildman–Crippen LogP) is 3.75. The number of hydrogen-bond acceptors (Lipinski definition) is 5. The second-order valence-corrected chi connectivity index (χ2v) is 7.39. The van der Waals surface area contributed by atoms with E-state index in [1.165, 1.54) is 11.1 Å². The number of nitrogens with zero attached hydrogens (tertiary/aromatic N) is 3. The molecular formula is C22H21N3O3. The fourth-order valence-electron chi connectivity index (χ4n) is 4.32. The molecule has 2 heterocycles. The minimum atomic E-state index is -0.0315. The second kappa shape index (κ2) is 6.78.